The van der Waals surface area contributed by atoms with E-state index in [9.17, 15) is 4.79 Å². The molecule has 3 aromatic rings. The molecule has 5 heteroatoms. The summed E-state index contributed by atoms with van der Waals surface area (Å²) in [5, 5.41) is 4.24. The largest absolute Gasteiger partial charge is 0.490 e. The Morgan fingerprint density at radius 1 is 1.00 bits per heavy atom. The first-order chi connectivity index (χ1) is 14.2. The summed E-state index contributed by atoms with van der Waals surface area (Å²) in [5.41, 5.74) is 3.52. The highest BCUT2D eigenvalue weighted by atomic mass is 16.5. The standard InChI is InChI=1S/C24H25NO4/c1-3-27-21-11-10-16(13-22(21)28-4-2)12-19-24-20(26)14-18(15-23(24)29-25-19)17-8-6-5-7-9-17/h5-11,13,18H,3-4,12,14-15H2,1-2H3/t18-/m0/s1. The average molecular weight is 391 g/mol. The van der Waals surface area contributed by atoms with E-state index in [1.807, 2.05) is 50.2 Å². The number of ketones is 1. The van der Waals surface area contributed by atoms with E-state index in [-0.39, 0.29) is 11.7 Å². The van der Waals surface area contributed by atoms with Crippen LogP contribution in [0.2, 0.25) is 0 Å². The number of fused-ring (bicyclic) bond motifs is 1. The quantitative estimate of drug-likeness (QED) is 0.569. The van der Waals surface area contributed by atoms with Crippen molar-refractivity contribution in [1.29, 1.82) is 0 Å². The molecule has 1 atom stereocenters. The SMILES string of the molecule is CCOc1ccc(Cc2noc3c2C(=O)C[C@H](c2ccccc2)C3)cc1OCC. The maximum Gasteiger partial charge on any atom is 0.168 e. The van der Waals surface area contributed by atoms with Gasteiger partial charge in [-0.15, -0.1) is 0 Å². The second kappa shape index (κ2) is 8.52. The summed E-state index contributed by atoms with van der Waals surface area (Å²) in [7, 11) is 0. The van der Waals surface area contributed by atoms with Crippen LogP contribution in [-0.4, -0.2) is 24.2 Å². The van der Waals surface area contributed by atoms with Crippen LogP contribution in [0.5, 0.6) is 11.5 Å². The number of rotatable bonds is 7. The summed E-state index contributed by atoms with van der Waals surface area (Å²) in [6, 6.07) is 16.0. The monoisotopic (exact) mass is 391 g/mol. The van der Waals surface area contributed by atoms with Crippen molar-refractivity contribution in [3.05, 3.63) is 76.7 Å². The number of hydrogen-bond acceptors (Lipinski definition) is 5. The molecule has 0 bridgehead atoms. The van der Waals surface area contributed by atoms with E-state index in [0.29, 0.717) is 55.2 Å². The van der Waals surface area contributed by atoms with E-state index >= 15 is 0 Å². The Morgan fingerprint density at radius 3 is 2.52 bits per heavy atom. The van der Waals surface area contributed by atoms with Crippen molar-refractivity contribution in [2.24, 2.45) is 0 Å². The van der Waals surface area contributed by atoms with Gasteiger partial charge in [0.05, 0.1) is 24.5 Å². The van der Waals surface area contributed by atoms with Gasteiger partial charge in [-0.2, -0.15) is 0 Å². The van der Waals surface area contributed by atoms with Gasteiger partial charge in [0.2, 0.25) is 0 Å². The number of ether oxygens (including phenoxy) is 2. The molecule has 29 heavy (non-hydrogen) atoms. The molecule has 0 spiro atoms. The first-order valence-electron chi connectivity index (χ1n) is 10.1. The van der Waals surface area contributed by atoms with Crippen molar-refractivity contribution in [2.45, 2.75) is 39.0 Å². The van der Waals surface area contributed by atoms with Crippen molar-refractivity contribution < 1.29 is 18.8 Å². The van der Waals surface area contributed by atoms with Crippen LogP contribution in [0.4, 0.5) is 0 Å². The van der Waals surface area contributed by atoms with Crippen LogP contribution in [0.25, 0.3) is 0 Å². The molecule has 0 N–H and O–H groups in total. The first kappa shape index (κ1) is 19.2. The summed E-state index contributed by atoms with van der Waals surface area (Å²) in [6.45, 7) is 5.02. The summed E-state index contributed by atoms with van der Waals surface area (Å²) in [5.74, 6) is 2.38. The molecular weight excluding hydrogens is 366 g/mol. The summed E-state index contributed by atoms with van der Waals surface area (Å²) >= 11 is 0. The lowest BCUT2D eigenvalue weighted by atomic mass is 9.81. The Hall–Kier alpha value is -3.08. The Kier molecular flexibility index (Phi) is 5.65. The minimum absolute atomic E-state index is 0.104. The van der Waals surface area contributed by atoms with Gasteiger partial charge in [-0.3, -0.25) is 4.79 Å². The van der Waals surface area contributed by atoms with E-state index in [1.54, 1.807) is 0 Å². The molecular formula is C24H25NO4. The highest BCUT2D eigenvalue weighted by Gasteiger charge is 2.32. The van der Waals surface area contributed by atoms with E-state index in [0.717, 1.165) is 16.9 Å². The Labute approximate surface area is 170 Å². The van der Waals surface area contributed by atoms with Crippen LogP contribution in [0.3, 0.4) is 0 Å². The molecule has 0 unspecified atom stereocenters. The number of aromatic nitrogens is 1. The van der Waals surface area contributed by atoms with Crippen molar-refractivity contribution in [2.75, 3.05) is 13.2 Å². The van der Waals surface area contributed by atoms with Crippen molar-refractivity contribution in [1.82, 2.24) is 5.16 Å². The van der Waals surface area contributed by atoms with Crippen molar-refractivity contribution in [3.63, 3.8) is 0 Å². The first-order valence-corrected chi connectivity index (χ1v) is 10.1. The predicted octanol–water partition coefficient (Wildman–Crippen LogP) is 4.98. The molecule has 0 saturated heterocycles. The smallest absolute Gasteiger partial charge is 0.168 e. The van der Waals surface area contributed by atoms with Gasteiger partial charge >= 0.3 is 0 Å². The third-order valence-corrected chi connectivity index (χ3v) is 5.23. The van der Waals surface area contributed by atoms with Crippen LogP contribution >= 0.6 is 0 Å². The van der Waals surface area contributed by atoms with Crippen LogP contribution in [0.15, 0.2) is 53.1 Å². The second-order valence-corrected chi connectivity index (χ2v) is 7.19. The summed E-state index contributed by atoms with van der Waals surface area (Å²) in [6.07, 6.45) is 1.71. The zero-order valence-electron chi connectivity index (χ0n) is 16.8. The number of carbonyl (C=O) groups is 1. The molecule has 1 aliphatic carbocycles. The van der Waals surface area contributed by atoms with Gasteiger partial charge in [0.25, 0.3) is 0 Å². The van der Waals surface area contributed by atoms with Crippen LogP contribution in [0, 0.1) is 0 Å². The molecule has 1 heterocycles. The van der Waals surface area contributed by atoms with E-state index in [4.69, 9.17) is 14.0 Å². The Balaban J connectivity index is 1.57. The molecule has 0 fully saturated rings. The summed E-state index contributed by atoms with van der Waals surface area (Å²) < 4.78 is 16.9. The molecule has 0 amide bonds. The fraction of sp³-hybridized carbons (Fsp3) is 0.333. The minimum atomic E-state index is 0.104. The number of nitrogens with zero attached hydrogens (tertiary/aromatic N) is 1. The summed E-state index contributed by atoms with van der Waals surface area (Å²) in [4.78, 5) is 12.9. The van der Waals surface area contributed by atoms with Crippen LogP contribution in [-0.2, 0) is 12.8 Å². The number of carbonyl (C=O) groups excluding carboxylic acids is 1. The zero-order chi connectivity index (χ0) is 20.2. The van der Waals surface area contributed by atoms with Gasteiger partial charge < -0.3 is 14.0 Å². The van der Waals surface area contributed by atoms with Crippen LogP contribution in [0.1, 0.15) is 59.1 Å². The van der Waals surface area contributed by atoms with Gasteiger partial charge in [-0.05, 0) is 43.0 Å². The molecule has 150 valence electrons. The lowest BCUT2D eigenvalue weighted by molar-refractivity contribution is 0.0959. The highest BCUT2D eigenvalue weighted by Crippen LogP contribution is 2.35. The number of benzene rings is 2. The molecule has 4 rings (SSSR count). The lowest BCUT2D eigenvalue weighted by Crippen LogP contribution is -2.18. The molecule has 0 radical (unpaired) electrons. The molecule has 0 saturated carbocycles. The van der Waals surface area contributed by atoms with Gasteiger partial charge in [-0.1, -0.05) is 41.6 Å². The van der Waals surface area contributed by atoms with Crippen molar-refractivity contribution >= 4 is 5.78 Å². The van der Waals surface area contributed by atoms with Gasteiger partial charge in [0, 0.05) is 19.3 Å². The fourth-order valence-electron chi connectivity index (χ4n) is 3.92. The molecule has 5 nitrogen and oxygen atoms in total. The molecule has 1 aromatic heterocycles. The van der Waals surface area contributed by atoms with Gasteiger partial charge in [0.1, 0.15) is 5.76 Å². The molecule has 1 aliphatic rings. The van der Waals surface area contributed by atoms with Crippen LogP contribution < -0.4 is 9.47 Å². The fourth-order valence-corrected chi connectivity index (χ4v) is 3.92. The third kappa shape index (κ3) is 4.04. The van der Waals surface area contributed by atoms with E-state index < -0.39 is 0 Å². The average Bonchev–Trinajstić information content (AvgIpc) is 3.14. The number of Topliss-reactive ketones (excluding diaryl/α,β-unsaturated/α-hetero) is 1. The maximum absolute atomic E-state index is 12.9. The molecule has 2 aromatic carbocycles. The van der Waals surface area contributed by atoms with Gasteiger partial charge in [-0.25, -0.2) is 0 Å². The number of hydrogen-bond donors (Lipinski definition) is 0. The normalized spacial score (nSPS) is 15.8. The Morgan fingerprint density at radius 2 is 1.76 bits per heavy atom. The Bertz CT molecular complexity index is 993. The zero-order valence-corrected chi connectivity index (χ0v) is 16.8. The minimum Gasteiger partial charge on any atom is -0.490 e. The van der Waals surface area contributed by atoms with E-state index in [2.05, 4.69) is 17.3 Å². The van der Waals surface area contributed by atoms with Gasteiger partial charge in [0.15, 0.2) is 17.3 Å². The van der Waals surface area contributed by atoms with E-state index in [1.165, 1.54) is 0 Å². The second-order valence-electron chi connectivity index (χ2n) is 7.19. The lowest BCUT2D eigenvalue weighted by Gasteiger charge is -2.20. The highest BCUT2D eigenvalue weighted by molar-refractivity contribution is 5.99. The van der Waals surface area contributed by atoms with Crippen molar-refractivity contribution in [3.8, 4) is 11.5 Å². The maximum atomic E-state index is 12.9. The topological polar surface area (TPSA) is 61.6 Å². The third-order valence-electron chi connectivity index (χ3n) is 5.23. The predicted molar refractivity (Wildman–Crippen MR) is 110 cm³/mol. The molecule has 0 aliphatic heterocycles.